The van der Waals surface area contributed by atoms with E-state index in [4.69, 9.17) is 16.3 Å². The largest absolute Gasteiger partial charge is 0.488 e. The number of guanidine groups is 1. The molecule has 0 aliphatic carbocycles. The van der Waals surface area contributed by atoms with Crippen molar-refractivity contribution in [2.45, 2.75) is 33.4 Å². The van der Waals surface area contributed by atoms with E-state index < -0.39 is 5.82 Å². The number of rotatable bonds is 8. The van der Waals surface area contributed by atoms with Crippen LogP contribution in [0.5, 0.6) is 5.75 Å². The van der Waals surface area contributed by atoms with Crippen LogP contribution in [0.1, 0.15) is 26.3 Å². The number of halogens is 2. The first-order valence-corrected chi connectivity index (χ1v) is 10.9. The predicted octanol–water partition coefficient (Wildman–Crippen LogP) is 3.90. The van der Waals surface area contributed by atoms with Gasteiger partial charge in [0.05, 0.1) is 19.4 Å². The molecule has 2 aromatic rings. The minimum atomic E-state index is -0.429. The van der Waals surface area contributed by atoms with Crippen molar-refractivity contribution in [2.24, 2.45) is 4.99 Å². The number of benzene rings is 2. The van der Waals surface area contributed by atoms with Gasteiger partial charge in [-0.3, -0.25) is 9.69 Å². The number of amides is 1. The summed E-state index contributed by atoms with van der Waals surface area (Å²) in [5, 5.41) is 6.72. The molecule has 0 aromatic heterocycles. The summed E-state index contributed by atoms with van der Waals surface area (Å²) in [5.41, 5.74) is 1.66. The SMILES string of the molecule is CC(=O)NCCN1CN=C(Nc2ccc(OC(C)C)c(F)c2)N(Cc2ccc(Cl)cc2)C1. The Morgan fingerprint density at radius 3 is 2.66 bits per heavy atom. The molecule has 0 spiro atoms. The zero-order chi connectivity index (χ0) is 23.1. The number of ether oxygens (including phenoxy) is 1. The summed E-state index contributed by atoms with van der Waals surface area (Å²) >= 11 is 6.02. The highest BCUT2D eigenvalue weighted by atomic mass is 35.5. The van der Waals surface area contributed by atoms with Crippen molar-refractivity contribution >= 4 is 29.2 Å². The molecule has 1 aliphatic heterocycles. The molecule has 172 valence electrons. The van der Waals surface area contributed by atoms with Crippen LogP contribution in [-0.2, 0) is 11.3 Å². The summed E-state index contributed by atoms with van der Waals surface area (Å²) < 4.78 is 19.9. The van der Waals surface area contributed by atoms with Crippen molar-refractivity contribution < 1.29 is 13.9 Å². The minimum absolute atomic E-state index is 0.0576. The molecule has 1 heterocycles. The van der Waals surface area contributed by atoms with E-state index in [1.807, 2.05) is 38.1 Å². The lowest BCUT2D eigenvalue weighted by molar-refractivity contribution is -0.119. The van der Waals surface area contributed by atoms with Crippen LogP contribution in [-0.4, -0.2) is 54.2 Å². The van der Waals surface area contributed by atoms with E-state index in [1.54, 1.807) is 12.1 Å². The van der Waals surface area contributed by atoms with Gasteiger partial charge in [-0.05, 0) is 43.7 Å². The molecule has 1 amide bonds. The van der Waals surface area contributed by atoms with Gasteiger partial charge in [0.2, 0.25) is 11.9 Å². The van der Waals surface area contributed by atoms with Gasteiger partial charge in [0, 0.05) is 43.3 Å². The smallest absolute Gasteiger partial charge is 0.216 e. The summed E-state index contributed by atoms with van der Waals surface area (Å²) in [7, 11) is 0. The van der Waals surface area contributed by atoms with Gasteiger partial charge in [-0.25, -0.2) is 9.38 Å². The number of carbonyl (C=O) groups is 1. The maximum absolute atomic E-state index is 14.4. The van der Waals surface area contributed by atoms with Gasteiger partial charge in [0.25, 0.3) is 0 Å². The van der Waals surface area contributed by atoms with Crippen LogP contribution in [0.25, 0.3) is 0 Å². The van der Waals surface area contributed by atoms with E-state index in [0.717, 1.165) is 5.56 Å². The molecular weight excluding hydrogens is 433 g/mol. The lowest BCUT2D eigenvalue weighted by Crippen LogP contribution is -2.50. The molecule has 1 aliphatic rings. The number of nitrogens with zero attached hydrogens (tertiary/aromatic N) is 3. The van der Waals surface area contributed by atoms with Gasteiger partial charge in [-0.15, -0.1) is 0 Å². The first-order chi connectivity index (χ1) is 15.3. The predicted molar refractivity (Wildman–Crippen MR) is 125 cm³/mol. The summed E-state index contributed by atoms with van der Waals surface area (Å²) in [6.45, 7) is 8.09. The Morgan fingerprint density at radius 2 is 2.00 bits per heavy atom. The Labute approximate surface area is 193 Å². The van der Waals surface area contributed by atoms with Crippen LogP contribution in [0, 0.1) is 5.82 Å². The van der Waals surface area contributed by atoms with Crippen LogP contribution in [0.3, 0.4) is 0 Å². The van der Waals surface area contributed by atoms with Crippen molar-refractivity contribution in [2.75, 3.05) is 31.7 Å². The van der Waals surface area contributed by atoms with Crippen LogP contribution < -0.4 is 15.4 Å². The highest BCUT2D eigenvalue weighted by molar-refractivity contribution is 6.30. The molecule has 0 atom stereocenters. The highest BCUT2D eigenvalue weighted by Gasteiger charge is 2.21. The fourth-order valence-electron chi connectivity index (χ4n) is 3.26. The number of aliphatic imine (C=N–C) groups is 1. The van der Waals surface area contributed by atoms with E-state index >= 15 is 0 Å². The topological polar surface area (TPSA) is 69.2 Å². The van der Waals surface area contributed by atoms with E-state index in [0.29, 0.717) is 49.6 Å². The molecule has 0 saturated carbocycles. The van der Waals surface area contributed by atoms with Crippen LogP contribution in [0.15, 0.2) is 47.5 Å². The molecule has 0 saturated heterocycles. The zero-order valence-electron chi connectivity index (χ0n) is 18.6. The third-order valence-corrected chi connectivity index (χ3v) is 4.98. The lowest BCUT2D eigenvalue weighted by Gasteiger charge is -2.36. The monoisotopic (exact) mass is 461 g/mol. The summed E-state index contributed by atoms with van der Waals surface area (Å²) in [6, 6.07) is 12.4. The molecule has 32 heavy (non-hydrogen) atoms. The van der Waals surface area contributed by atoms with E-state index in [1.165, 1.54) is 13.0 Å². The molecule has 9 heteroatoms. The van der Waals surface area contributed by atoms with Crippen molar-refractivity contribution in [3.8, 4) is 5.75 Å². The van der Waals surface area contributed by atoms with Crippen molar-refractivity contribution in [1.29, 1.82) is 0 Å². The van der Waals surface area contributed by atoms with Gasteiger partial charge in [0.1, 0.15) is 0 Å². The van der Waals surface area contributed by atoms with Gasteiger partial charge in [-0.1, -0.05) is 23.7 Å². The first-order valence-electron chi connectivity index (χ1n) is 10.5. The van der Waals surface area contributed by atoms with Crippen molar-refractivity contribution in [3.63, 3.8) is 0 Å². The lowest BCUT2D eigenvalue weighted by atomic mass is 10.2. The fraction of sp³-hybridized carbons (Fsp3) is 0.391. The van der Waals surface area contributed by atoms with Crippen LogP contribution in [0.2, 0.25) is 5.02 Å². The molecule has 0 bridgehead atoms. The van der Waals surface area contributed by atoms with E-state index in [2.05, 4.69) is 25.4 Å². The van der Waals surface area contributed by atoms with Gasteiger partial charge in [0.15, 0.2) is 11.6 Å². The average Bonchev–Trinajstić information content (AvgIpc) is 2.73. The second-order valence-corrected chi connectivity index (χ2v) is 8.34. The second-order valence-electron chi connectivity index (χ2n) is 7.90. The number of hydrogen-bond acceptors (Lipinski definition) is 6. The summed E-state index contributed by atoms with van der Waals surface area (Å²) in [6.07, 6.45) is -0.107. The fourth-order valence-corrected chi connectivity index (χ4v) is 3.39. The second kappa shape index (κ2) is 11.2. The van der Waals surface area contributed by atoms with Gasteiger partial charge < -0.3 is 20.3 Å². The third kappa shape index (κ3) is 7.10. The number of carbonyl (C=O) groups excluding carboxylic acids is 1. The van der Waals surface area contributed by atoms with E-state index in [-0.39, 0.29) is 17.8 Å². The average molecular weight is 462 g/mol. The Balaban J connectivity index is 1.74. The standard InChI is InChI=1S/C23H29ClFN5O2/c1-16(2)32-22-9-8-20(12-21(22)25)28-23-27-14-29(11-10-26-17(3)31)15-30(23)13-18-4-6-19(24)7-5-18/h4-9,12,16H,10-11,13-15H2,1-3H3,(H,26,31)(H,27,28). The van der Waals surface area contributed by atoms with Crippen LogP contribution >= 0.6 is 11.6 Å². The highest BCUT2D eigenvalue weighted by Crippen LogP contribution is 2.23. The number of hydrogen-bond donors (Lipinski definition) is 2. The zero-order valence-corrected chi connectivity index (χ0v) is 19.3. The maximum Gasteiger partial charge on any atom is 0.216 e. The normalized spacial score (nSPS) is 14.3. The molecule has 0 radical (unpaired) electrons. The Bertz CT molecular complexity index is 952. The molecule has 0 unspecified atom stereocenters. The van der Waals surface area contributed by atoms with Crippen molar-refractivity contribution in [1.82, 2.24) is 15.1 Å². The Kier molecular flexibility index (Phi) is 8.30. The number of nitrogens with one attached hydrogen (secondary N) is 2. The summed E-state index contributed by atoms with van der Waals surface area (Å²) in [4.78, 5) is 20.0. The van der Waals surface area contributed by atoms with Crippen molar-refractivity contribution in [3.05, 3.63) is 58.9 Å². The molecule has 2 aromatic carbocycles. The Morgan fingerprint density at radius 1 is 1.25 bits per heavy atom. The van der Waals surface area contributed by atoms with Gasteiger partial charge in [-0.2, -0.15) is 0 Å². The summed E-state index contributed by atoms with van der Waals surface area (Å²) in [5.74, 6) is 0.380. The molecule has 2 N–H and O–H groups in total. The maximum atomic E-state index is 14.4. The molecule has 7 nitrogen and oxygen atoms in total. The molecule has 3 rings (SSSR count). The number of anilines is 1. The first kappa shape index (κ1) is 23.8. The molecular formula is C23H29ClFN5O2. The van der Waals surface area contributed by atoms with E-state index in [9.17, 15) is 9.18 Å². The third-order valence-electron chi connectivity index (χ3n) is 4.73. The minimum Gasteiger partial charge on any atom is -0.488 e. The van der Waals surface area contributed by atoms with Gasteiger partial charge >= 0.3 is 0 Å². The van der Waals surface area contributed by atoms with Crippen LogP contribution in [0.4, 0.5) is 10.1 Å². The Hall–Kier alpha value is -2.84. The quantitative estimate of drug-likeness (QED) is 0.624. The molecule has 0 fully saturated rings.